The zero-order valence-corrected chi connectivity index (χ0v) is 18.8. The van der Waals surface area contributed by atoms with E-state index in [1.807, 2.05) is 0 Å². The monoisotopic (exact) mass is 486 g/mol. The van der Waals surface area contributed by atoms with E-state index in [9.17, 15) is 17.6 Å². The predicted octanol–water partition coefficient (Wildman–Crippen LogP) is 5.41. The Balaban J connectivity index is 1.61. The Hall–Kier alpha value is -2.13. The maximum atomic E-state index is 13.7. The Labute approximate surface area is 187 Å². The number of nitrogens with one attached hydrogen (secondary N) is 2. The summed E-state index contributed by atoms with van der Waals surface area (Å²) in [4.78, 5) is 12.3. The highest BCUT2D eigenvalue weighted by atomic mass is 35.5. The van der Waals surface area contributed by atoms with E-state index in [1.165, 1.54) is 18.2 Å². The largest absolute Gasteiger partial charge is 0.349 e. The topological polar surface area (TPSA) is 75.3 Å². The van der Waals surface area contributed by atoms with Gasteiger partial charge in [-0.3, -0.25) is 9.52 Å². The van der Waals surface area contributed by atoms with Gasteiger partial charge in [-0.1, -0.05) is 41.4 Å². The van der Waals surface area contributed by atoms with Gasteiger partial charge in [0.25, 0.3) is 10.0 Å². The van der Waals surface area contributed by atoms with Gasteiger partial charge in [0, 0.05) is 10.7 Å². The number of carbonyl (C=O) groups is 1. The Morgan fingerprint density at radius 1 is 1.13 bits per heavy atom. The van der Waals surface area contributed by atoms with Crippen molar-refractivity contribution in [1.29, 1.82) is 0 Å². The Morgan fingerprint density at radius 2 is 1.83 bits per heavy atom. The molecule has 2 aromatic carbocycles. The Kier molecular flexibility index (Phi) is 7.02. The molecule has 1 atom stereocenters. The second-order valence-electron chi connectivity index (χ2n) is 6.49. The number of halogens is 3. The van der Waals surface area contributed by atoms with Gasteiger partial charge in [0.05, 0.1) is 17.5 Å². The molecule has 158 valence electrons. The number of sulfonamides is 1. The molecule has 5 nitrogen and oxygen atoms in total. The van der Waals surface area contributed by atoms with E-state index in [1.54, 1.807) is 42.6 Å². The number of hydrogen-bond donors (Lipinski definition) is 2. The fourth-order valence-electron chi connectivity index (χ4n) is 2.74. The van der Waals surface area contributed by atoms with Crippen molar-refractivity contribution in [3.8, 4) is 0 Å². The Morgan fingerprint density at radius 3 is 2.47 bits per heavy atom. The molecule has 0 aliphatic carbocycles. The smallest absolute Gasteiger partial charge is 0.271 e. The summed E-state index contributed by atoms with van der Waals surface area (Å²) in [5.41, 5.74) is 1.50. The number of amides is 1. The first kappa shape index (κ1) is 22.6. The van der Waals surface area contributed by atoms with Crippen LogP contribution in [-0.4, -0.2) is 14.3 Å². The third-order valence-corrected chi connectivity index (χ3v) is 7.61. The molecule has 1 unspecified atom stereocenters. The summed E-state index contributed by atoms with van der Waals surface area (Å²) in [6, 6.07) is 11.6. The molecule has 0 radical (unpaired) electrons. The van der Waals surface area contributed by atoms with Crippen LogP contribution >= 0.6 is 34.5 Å². The minimum absolute atomic E-state index is 0.0655. The van der Waals surface area contributed by atoms with Crippen LogP contribution in [0.1, 0.15) is 24.1 Å². The molecule has 0 saturated heterocycles. The van der Waals surface area contributed by atoms with Crippen molar-refractivity contribution in [1.82, 2.24) is 5.32 Å². The Bertz CT molecular complexity index is 1150. The molecule has 3 aromatic rings. The van der Waals surface area contributed by atoms with Gasteiger partial charge in [-0.05, 0) is 53.8 Å². The van der Waals surface area contributed by atoms with Crippen LogP contribution in [0.25, 0.3) is 0 Å². The second-order valence-corrected chi connectivity index (χ2v) is 10.2. The van der Waals surface area contributed by atoms with Crippen molar-refractivity contribution in [3.05, 3.63) is 80.9 Å². The molecule has 1 aromatic heterocycles. The van der Waals surface area contributed by atoms with Gasteiger partial charge in [-0.2, -0.15) is 0 Å². The first-order valence-corrected chi connectivity index (χ1v) is 11.9. The standard InChI is InChI=1S/C20H17Cl2FN2O3S2/c1-12(15-10-18(23)17(22)11-16(15)21)24-19(26)9-13-4-6-14(7-5-13)25-30(27,28)20-3-2-8-29-20/h2-8,10-12,25H,9H2,1H3,(H,24,26). The lowest BCUT2D eigenvalue weighted by Gasteiger charge is -2.16. The normalized spacial score (nSPS) is 12.4. The minimum atomic E-state index is -3.63. The lowest BCUT2D eigenvalue weighted by molar-refractivity contribution is -0.121. The molecule has 0 bridgehead atoms. The van der Waals surface area contributed by atoms with Gasteiger partial charge in [0.2, 0.25) is 5.91 Å². The van der Waals surface area contributed by atoms with Crippen molar-refractivity contribution >= 4 is 56.2 Å². The summed E-state index contributed by atoms with van der Waals surface area (Å²) >= 11 is 12.9. The van der Waals surface area contributed by atoms with Crippen molar-refractivity contribution in [3.63, 3.8) is 0 Å². The van der Waals surface area contributed by atoms with Crippen LogP contribution in [0.5, 0.6) is 0 Å². The van der Waals surface area contributed by atoms with Crippen molar-refractivity contribution < 1.29 is 17.6 Å². The first-order chi connectivity index (χ1) is 14.2. The highest BCUT2D eigenvalue weighted by Crippen LogP contribution is 2.28. The molecule has 0 fully saturated rings. The van der Waals surface area contributed by atoms with Crippen LogP contribution in [0.4, 0.5) is 10.1 Å². The van der Waals surface area contributed by atoms with Gasteiger partial charge < -0.3 is 5.32 Å². The van der Waals surface area contributed by atoms with Crippen LogP contribution in [0.2, 0.25) is 10.0 Å². The van der Waals surface area contributed by atoms with E-state index in [-0.39, 0.29) is 26.6 Å². The van der Waals surface area contributed by atoms with Crippen LogP contribution in [0.15, 0.2) is 58.1 Å². The zero-order valence-electron chi connectivity index (χ0n) is 15.7. The highest BCUT2D eigenvalue weighted by Gasteiger charge is 2.17. The molecule has 3 rings (SSSR count). The molecule has 1 heterocycles. The van der Waals surface area contributed by atoms with Crippen molar-refractivity contribution in [2.45, 2.75) is 23.6 Å². The number of thiophene rings is 1. The van der Waals surface area contributed by atoms with Gasteiger partial charge in [-0.25, -0.2) is 12.8 Å². The van der Waals surface area contributed by atoms with Crippen LogP contribution in [0, 0.1) is 5.82 Å². The fourth-order valence-corrected chi connectivity index (χ4v) is 5.34. The average molecular weight is 487 g/mol. The average Bonchev–Trinajstić information content (AvgIpc) is 3.22. The summed E-state index contributed by atoms with van der Waals surface area (Å²) in [7, 11) is -3.63. The van der Waals surface area contributed by atoms with Crippen LogP contribution in [0.3, 0.4) is 0 Å². The van der Waals surface area contributed by atoms with E-state index < -0.39 is 21.9 Å². The lowest BCUT2D eigenvalue weighted by Crippen LogP contribution is -2.28. The molecule has 1 amide bonds. The van der Waals surface area contributed by atoms with Crippen LogP contribution in [-0.2, 0) is 21.2 Å². The van der Waals surface area contributed by atoms with E-state index in [0.717, 1.165) is 11.3 Å². The van der Waals surface area contributed by atoms with Gasteiger partial charge in [-0.15, -0.1) is 11.3 Å². The number of hydrogen-bond acceptors (Lipinski definition) is 4. The summed E-state index contributed by atoms with van der Waals surface area (Å²) in [5.74, 6) is -0.904. The molecule has 0 aliphatic heterocycles. The van der Waals surface area contributed by atoms with E-state index >= 15 is 0 Å². The molecule has 2 N–H and O–H groups in total. The van der Waals surface area contributed by atoms with Crippen molar-refractivity contribution in [2.75, 3.05) is 4.72 Å². The van der Waals surface area contributed by atoms with E-state index in [4.69, 9.17) is 23.2 Å². The highest BCUT2D eigenvalue weighted by molar-refractivity contribution is 7.94. The van der Waals surface area contributed by atoms with Gasteiger partial charge in [0.1, 0.15) is 10.0 Å². The third-order valence-electron chi connectivity index (χ3n) is 4.21. The number of benzene rings is 2. The SMILES string of the molecule is CC(NC(=O)Cc1ccc(NS(=O)(=O)c2cccs2)cc1)c1cc(F)c(Cl)cc1Cl. The summed E-state index contributed by atoms with van der Waals surface area (Å²) < 4.78 is 40.9. The predicted molar refractivity (Wildman–Crippen MR) is 118 cm³/mol. The van der Waals surface area contributed by atoms with E-state index in [0.29, 0.717) is 16.8 Å². The third kappa shape index (κ3) is 5.51. The van der Waals surface area contributed by atoms with Gasteiger partial charge >= 0.3 is 0 Å². The minimum Gasteiger partial charge on any atom is -0.349 e. The molecule has 0 aliphatic rings. The molecule has 0 spiro atoms. The molecule has 30 heavy (non-hydrogen) atoms. The lowest BCUT2D eigenvalue weighted by atomic mass is 10.1. The van der Waals surface area contributed by atoms with E-state index in [2.05, 4.69) is 10.0 Å². The number of carbonyl (C=O) groups excluding carboxylic acids is 1. The quantitative estimate of drug-likeness (QED) is 0.438. The summed E-state index contributed by atoms with van der Waals surface area (Å²) in [5, 5.41) is 4.62. The molecule has 0 saturated carbocycles. The van der Waals surface area contributed by atoms with Crippen molar-refractivity contribution in [2.24, 2.45) is 0 Å². The first-order valence-electron chi connectivity index (χ1n) is 8.75. The molecular weight excluding hydrogens is 470 g/mol. The number of anilines is 1. The van der Waals surface area contributed by atoms with Gasteiger partial charge in [0.15, 0.2) is 0 Å². The second kappa shape index (κ2) is 9.34. The summed E-state index contributed by atoms with van der Waals surface area (Å²) in [6.45, 7) is 1.69. The maximum absolute atomic E-state index is 13.7. The summed E-state index contributed by atoms with van der Waals surface area (Å²) in [6.07, 6.45) is 0.0655. The maximum Gasteiger partial charge on any atom is 0.271 e. The molecule has 10 heteroatoms. The fraction of sp³-hybridized carbons (Fsp3) is 0.150. The van der Waals surface area contributed by atoms with Crippen LogP contribution < -0.4 is 10.0 Å². The zero-order chi connectivity index (χ0) is 21.9. The number of rotatable bonds is 7. The molecular formula is C20H17Cl2FN2O3S2.